The van der Waals surface area contributed by atoms with Crippen LogP contribution in [-0.2, 0) is 11.3 Å². The van der Waals surface area contributed by atoms with Crippen molar-refractivity contribution >= 4 is 16.9 Å². The average molecular weight is 353 g/mol. The minimum Gasteiger partial charge on any atom is -0.328 e. The molecule has 0 bridgehead atoms. The third-order valence-electron chi connectivity index (χ3n) is 5.25. The van der Waals surface area contributed by atoms with Gasteiger partial charge in [-0.05, 0) is 52.2 Å². The third-order valence-corrected chi connectivity index (χ3v) is 5.25. The first-order chi connectivity index (χ1) is 12.4. The topological polar surface area (TPSA) is 74.0 Å². The summed E-state index contributed by atoms with van der Waals surface area (Å²) in [6.45, 7) is 8.06. The van der Waals surface area contributed by atoms with Crippen LogP contribution in [0.2, 0.25) is 0 Å². The molecule has 1 aromatic carbocycles. The molecule has 26 heavy (non-hydrogen) atoms. The van der Waals surface area contributed by atoms with Crippen molar-refractivity contribution in [2.75, 3.05) is 13.1 Å². The normalized spacial score (nSPS) is 17.6. The van der Waals surface area contributed by atoms with Crippen LogP contribution in [0.3, 0.4) is 0 Å². The van der Waals surface area contributed by atoms with Crippen molar-refractivity contribution < 1.29 is 4.79 Å². The first-order valence-electron chi connectivity index (χ1n) is 9.27. The van der Waals surface area contributed by atoms with E-state index in [0.29, 0.717) is 6.54 Å². The molecule has 1 N–H and O–H groups in total. The van der Waals surface area contributed by atoms with Crippen LogP contribution in [-0.4, -0.2) is 45.0 Å². The van der Waals surface area contributed by atoms with Crippen molar-refractivity contribution in [3.8, 4) is 6.07 Å². The summed E-state index contributed by atoms with van der Waals surface area (Å²) in [4.78, 5) is 18.7. The molecule has 0 aliphatic carbocycles. The van der Waals surface area contributed by atoms with Gasteiger partial charge in [0.1, 0.15) is 11.9 Å². The zero-order valence-electron chi connectivity index (χ0n) is 15.8. The van der Waals surface area contributed by atoms with Gasteiger partial charge in [0.15, 0.2) is 0 Å². The molecule has 1 aliphatic rings. The molecule has 0 spiro atoms. The lowest BCUT2D eigenvalue weighted by atomic mass is 10.0. The first kappa shape index (κ1) is 18.4. The molecule has 6 nitrogen and oxygen atoms in total. The number of imidazole rings is 1. The highest BCUT2D eigenvalue weighted by atomic mass is 16.2. The van der Waals surface area contributed by atoms with Gasteiger partial charge in [0.25, 0.3) is 0 Å². The molecule has 0 unspecified atom stereocenters. The Morgan fingerprint density at radius 3 is 2.96 bits per heavy atom. The zero-order chi connectivity index (χ0) is 18.7. The van der Waals surface area contributed by atoms with Crippen LogP contribution in [0.5, 0.6) is 0 Å². The Kier molecular flexibility index (Phi) is 5.28. The van der Waals surface area contributed by atoms with Crippen molar-refractivity contribution in [1.82, 2.24) is 19.8 Å². The van der Waals surface area contributed by atoms with E-state index in [0.717, 1.165) is 42.7 Å². The largest absolute Gasteiger partial charge is 0.328 e. The summed E-state index contributed by atoms with van der Waals surface area (Å²) in [6.07, 6.45) is 2.59. The molecule has 1 amide bonds. The molecule has 0 saturated carbocycles. The van der Waals surface area contributed by atoms with Crippen molar-refractivity contribution in [3.05, 3.63) is 30.1 Å². The fourth-order valence-corrected chi connectivity index (χ4v) is 3.57. The molecule has 1 atom stereocenters. The molecule has 2 heterocycles. The Labute approximate surface area is 154 Å². The molecule has 1 fully saturated rings. The Balaban J connectivity index is 1.58. The maximum Gasteiger partial charge on any atom is 0.237 e. The van der Waals surface area contributed by atoms with E-state index < -0.39 is 0 Å². The Morgan fingerprint density at radius 1 is 1.42 bits per heavy atom. The molecular weight excluding hydrogens is 326 g/mol. The van der Waals surface area contributed by atoms with Gasteiger partial charge in [0.2, 0.25) is 5.91 Å². The van der Waals surface area contributed by atoms with Crippen LogP contribution in [0.1, 0.15) is 38.9 Å². The summed E-state index contributed by atoms with van der Waals surface area (Å²) < 4.78 is 2.23. The molecule has 1 aliphatic heterocycles. The van der Waals surface area contributed by atoms with E-state index >= 15 is 0 Å². The van der Waals surface area contributed by atoms with Crippen molar-refractivity contribution in [1.29, 1.82) is 5.26 Å². The fraction of sp³-hybridized carbons (Fsp3) is 0.550. The number of nitrogens with one attached hydrogen (secondary N) is 1. The number of aromatic nitrogens is 2. The van der Waals surface area contributed by atoms with E-state index in [9.17, 15) is 4.79 Å². The minimum absolute atomic E-state index is 0.0198. The summed E-state index contributed by atoms with van der Waals surface area (Å²) in [7, 11) is 0. The van der Waals surface area contributed by atoms with Crippen molar-refractivity contribution in [2.45, 2.75) is 58.2 Å². The van der Waals surface area contributed by atoms with Gasteiger partial charge in [-0.25, -0.2) is 4.98 Å². The van der Waals surface area contributed by atoms with Gasteiger partial charge < -0.3 is 14.8 Å². The molecule has 1 aromatic heterocycles. The number of benzene rings is 1. The second-order valence-corrected chi connectivity index (χ2v) is 7.66. The van der Waals surface area contributed by atoms with E-state index in [1.165, 1.54) is 0 Å². The lowest BCUT2D eigenvalue weighted by Gasteiger charge is -2.28. The molecule has 1 saturated heterocycles. The number of carbonyl (C=O) groups excluding carboxylic acids is 1. The maximum atomic E-state index is 12.4. The quantitative estimate of drug-likeness (QED) is 0.866. The van der Waals surface area contributed by atoms with E-state index in [2.05, 4.69) is 40.9 Å². The van der Waals surface area contributed by atoms with E-state index in [1.807, 2.05) is 25.1 Å². The smallest absolute Gasteiger partial charge is 0.237 e. The van der Waals surface area contributed by atoms with Gasteiger partial charge in [-0.15, -0.1) is 0 Å². The number of hydrogen-bond donors (Lipinski definition) is 1. The van der Waals surface area contributed by atoms with Crippen LogP contribution >= 0.6 is 0 Å². The number of nitriles is 1. The number of nitrogens with zero attached hydrogens (tertiary/aromatic N) is 4. The molecule has 138 valence electrons. The maximum absolute atomic E-state index is 12.4. The Morgan fingerprint density at radius 2 is 2.19 bits per heavy atom. The summed E-state index contributed by atoms with van der Waals surface area (Å²) >= 11 is 0. The monoisotopic (exact) mass is 353 g/mol. The standard InChI is InChI=1S/C20H27N5O/c1-15-23-17-8-4-5-9-18(17)24(15)12-10-20(2,3)22-14-19(26)25-11-6-7-16(25)13-21/h4-5,8-9,16,22H,6-7,10-12,14H2,1-3H3/t16-/m0/s1. The number of likely N-dealkylation sites (tertiary alicyclic amines) is 1. The molecule has 6 heteroatoms. The van der Waals surface area contributed by atoms with Crippen LogP contribution < -0.4 is 5.32 Å². The third kappa shape index (κ3) is 3.88. The highest BCUT2D eigenvalue weighted by Crippen LogP contribution is 2.19. The van der Waals surface area contributed by atoms with E-state index in [4.69, 9.17) is 5.26 Å². The molecular formula is C20H27N5O. The van der Waals surface area contributed by atoms with Crippen LogP contribution in [0.25, 0.3) is 11.0 Å². The number of fused-ring (bicyclic) bond motifs is 1. The number of amides is 1. The number of carbonyl (C=O) groups is 1. The van der Waals surface area contributed by atoms with E-state index in [-0.39, 0.29) is 24.0 Å². The second kappa shape index (κ2) is 7.46. The molecule has 0 radical (unpaired) electrons. The highest BCUT2D eigenvalue weighted by Gasteiger charge is 2.29. The van der Waals surface area contributed by atoms with Crippen LogP contribution in [0.4, 0.5) is 0 Å². The minimum atomic E-state index is -0.257. The summed E-state index contributed by atoms with van der Waals surface area (Å²) in [5.74, 6) is 1.03. The Bertz CT molecular complexity index is 832. The van der Waals surface area contributed by atoms with Gasteiger partial charge in [-0.3, -0.25) is 4.79 Å². The lowest BCUT2D eigenvalue weighted by molar-refractivity contribution is -0.130. The van der Waals surface area contributed by atoms with E-state index in [1.54, 1.807) is 4.90 Å². The number of hydrogen-bond acceptors (Lipinski definition) is 4. The van der Waals surface area contributed by atoms with Crippen LogP contribution in [0, 0.1) is 18.3 Å². The number of para-hydroxylation sites is 2. The molecule has 2 aromatic rings. The predicted octanol–water partition coefficient (Wildman–Crippen LogP) is 2.62. The Hall–Kier alpha value is -2.39. The van der Waals surface area contributed by atoms with Gasteiger partial charge in [0.05, 0.1) is 23.6 Å². The van der Waals surface area contributed by atoms with Crippen molar-refractivity contribution in [3.63, 3.8) is 0 Å². The number of aryl methyl sites for hydroxylation is 2. The molecule has 3 rings (SSSR count). The van der Waals surface area contributed by atoms with Gasteiger partial charge in [0, 0.05) is 18.6 Å². The summed E-state index contributed by atoms with van der Waals surface area (Å²) in [6, 6.07) is 10.1. The average Bonchev–Trinajstić information content (AvgIpc) is 3.21. The second-order valence-electron chi connectivity index (χ2n) is 7.66. The van der Waals surface area contributed by atoms with Crippen LogP contribution in [0.15, 0.2) is 24.3 Å². The SMILES string of the molecule is Cc1nc2ccccc2n1CCC(C)(C)NCC(=O)N1CCC[C@H]1C#N. The highest BCUT2D eigenvalue weighted by molar-refractivity contribution is 5.79. The first-order valence-corrected chi connectivity index (χ1v) is 9.27. The summed E-state index contributed by atoms with van der Waals surface area (Å²) in [5.41, 5.74) is 1.98. The van der Waals surface area contributed by atoms with Gasteiger partial charge >= 0.3 is 0 Å². The summed E-state index contributed by atoms with van der Waals surface area (Å²) in [5, 5.41) is 12.5. The van der Waals surface area contributed by atoms with Gasteiger partial charge in [-0.2, -0.15) is 5.26 Å². The van der Waals surface area contributed by atoms with Crippen molar-refractivity contribution in [2.24, 2.45) is 0 Å². The van der Waals surface area contributed by atoms with Gasteiger partial charge in [-0.1, -0.05) is 12.1 Å². The number of rotatable bonds is 6. The predicted molar refractivity (Wildman–Crippen MR) is 102 cm³/mol. The lowest BCUT2D eigenvalue weighted by Crippen LogP contribution is -2.47. The zero-order valence-corrected chi connectivity index (χ0v) is 15.8. The fourth-order valence-electron chi connectivity index (χ4n) is 3.57.